The predicted molar refractivity (Wildman–Crippen MR) is 89.1 cm³/mol. The average molecular weight is 314 g/mol. The lowest BCUT2D eigenvalue weighted by Crippen LogP contribution is -2.41. The normalized spacial score (nSPS) is 16.4. The highest BCUT2D eigenvalue weighted by molar-refractivity contribution is 5.96. The molecule has 3 rings (SSSR count). The predicted octanol–water partition coefficient (Wildman–Crippen LogP) is 2.61. The first-order chi connectivity index (χ1) is 11.1. The lowest BCUT2D eigenvalue weighted by atomic mass is 10.2. The zero-order chi connectivity index (χ0) is 16.4. The summed E-state index contributed by atoms with van der Waals surface area (Å²) in [5.74, 6) is 0.0898. The summed E-state index contributed by atoms with van der Waals surface area (Å²) in [7, 11) is 0. The van der Waals surface area contributed by atoms with Crippen molar-refractivity contribution >= 4 is 28.8 Å². The van der Waals surface area contributed by atoms with Gasteiger partial charge < -0.3 is 9.88 Å². The molecule has 0 bridgehead atoms. The van der Waals surface area contributed by atoms with Gasteiger partial charge in [-0.3, -0.25) is 14.9 Å². The molecule has 122 valence electrons. The third-order valence-corrected chi connectivity index (χ3v) is 4.33. The maximum atomic E-state index is 12.3. The summed E-state index contributed by atoms with van der Waals surface area (Å²) in [4.78, 5) is 28.0. The molecule has 1 fully saturated rings. The summed E-state index contributed by atoms with van der Waals surface area (Å²) >= 11 is 0. The molecule has 0 radical (unpaired) electrons. The standard InChI is InChI=1S/C17H22N4O2/c1-11(18-12(2)22)16(23)20-17-19-14-9-5-6-10-15(14)21(17)13-7-3-4-8-13/h5-6,9-11,13H,3-4,7-8H2,1-2H3,(H,18,22)(H,19,20,23)/t11-/m0/s1. The molecular weight excluding hydrogens is 292 g/mol. The first-order valence-electron chi connectivity index (χ1n) is 8.11. The molecule has 0 spiro atoms. The van der Waals surface area contributed by atoms with Crippen LogP contribution in [0.3, 0.4) is 0 Å². The van der Waals surface area contributed by atoms with Crippen molar-refractivity contribution in [2.75, 3.05) is 5.32 Å². The number of benzene rings is 1. The number of nitrogens with one attached hydrogen (secondary N) is 2. The van der Waals surface area contributed by atoms with Crippen LogP contribution in [0, 0.1) is 0 Å². The molecule has 6 nitrogen and oxygen atoms in total. The smallest absolute Gasteiger partial charge is 0.248 e. The highest BCUT2D eigenvalue weighted by Crippen LogP contribution is 2.35. The zero-order valence-electron chi connectivity index (χ0n) is 13.5. The van der Waals surface area contributed by atoms with Gasteiger partial charge in [-0.2, -0.15) is 0 Å². The van der Waals surface area contributed by atoms with Crippen LogP contribution in [0.25, 0.3) is 11.0 Å². The Morgan fingerprint density at radius 2 is 1.96 bits per heavy atom. The van der Waals surface area contributed by atoms with E-state index in [2.05, 4.69) is 20.2 Å². The first kappa shape index (κ1) is 15.5. The molecule has 23 heavy (non-hydrogen) atoms. The van der Waals surface area contributed by atoms with Crippen LogP contribution in [-0.4, -0.2) is 27.4 Å². The van der Waals surface area contributed by atoms with E-state index in [0.29, 0.717) is 12.0 Å². The number of anilines is 1. The van der Waals surface area contributed by atoms with Crippen LogP contribution in [0.1, 0.15) is 45.6 Å². The SMILES string of the molecule is CC(=O)N[C@@H](C)C(=O)Nc1nc2ccccc2n1C1CCCC1. The molecule has 1 aromatic carbocycles. The van der Waals surface area contributed by atoms with Crippen molar-refractivity contribution in [3.05, 3.63) is 24.3 Å². The van der Waals surface area contributed by atoms with Crippen molar-refractivity contribution in [2.45, 2.75) is 51.6 Å². The number of imidazole rings is 1. The fourth-order valence-corrected chi connectivity index (χ4v) is 3.25. The van der Waals surface area contributed by atoms with Gasteiger partial charge in [0.05, 0.1) is 11.0 Å². The number of aromatic nitrogens is 2. The molecule has 1 aromatic heterocycles. The Morgan fingerprint density at radius 1 is 1.26 bits per heavy atom. The number of nitrogens with zero attached hydrogens (tertiary/aromatic N) is 2. The van der Waals surface area contributed by atoms with E-state index in [9.17, 15) is 9.59 Å². The minimum absolute atomic E-state index is 0.225. The lowest BCUT2D eigenvalue weighted by Gasteiger charge is -2.18. The van der Waals surface area contributed by atoms with Crippen molar-refractivity contribution in [1.82, 2.24) is 14.9 Å². The Labute approximate surface area is 135 Å². The third kappa shape index (κ3) is 3.21. The van der Waals surface area contributed by atoms with E-state index in [-0.39, 0.29) is 11.8 Å². The van der Waals surface area contributed by atoms with Crippen LogP contribution in [0.15, 0.2) is 24.3 Å². The van der Waals surface area contributed by atoms with Crippen LogP contribution in [0.4, 0.5) is 5.95 Å². The van der Waals surface area contributed by atoms with E-state index in [1.807, 2.05) is 24.3 Å². The van der Waals surface area contributed by atoms with Crippen molar-refractivity contribution in [2.24, 2.45) is 0 Å². The quantitative estimate of drug-likeness (QED) is 0.911. The molecule has 0 aliphatic heterocycles. The van der Waals surface area contributed by atoms with Gasteiger partial charge in [-0.15, -0.1) is 0 Å². The Hall–Kier alpha value is -2.37. The lowest BCUT2D eigenvalue weighted by molar-refractivity contribution is -0.124. The Bertz CT molecular complexity index is 731. The van der Waals surface area contributed by atoms with E-state index in [0.717, 1.165) is 23.9 Å². The van der Waals surface area contributed by atoms with E-state index < -0.39 is 6.04 Å². The van der Waals surface area contributed by atoms with Gasteiger partial charge in [0.25, 0.3) is 0 Å². The second kappa shape index (κ2) is 6.40. The van der Waals surface area contributed by atoms with Gasteiger partial charge in [0.1, 0.15) is 6.04 Å². The van der Waals surface area contributed by atoms with Crippen LogP contribution < -0.4 is 10.6 Å². The molecule has 2 amide bonds. The van der Waals surface area contributed by atoms with Crippen molar-refractivity contribution in [3.63, 3.8) is 0 Å². The van der Waals surface area contributed by atoms with Gasteiger partial charge in [-0.25, -0.2) is 4.98 Å². The molecule has 2 aromatic rings. The summed E-state index contributed by atoms with van der Waals surface area (Å²) < 4.78 is 2.14. The number of hydrogen-bond acceptors (Lipinski definition) is 3. The van der Waals surface area contributed by atoms with E-state index >= 15 is 0 Å². The fourth-order valence-electron chi connectivity index (χ4n) is 3.25. The largest absolute Gasteiger partial charge is 0.345 e. The van der Waals surface area contributed by atoms with Gasteiger partial charge in [0.2, 0.25) is 17.8 Å². The highest BCUT2D eigenvalue weighted by atomic mass is 16.2. The van der Waals surface area contributed by atoms with Gasteiger partial charge in [-0.1, -0.05) is 25.0 Å². The highest BCUT2D eigenvalue weighted by Gasteiger charge is 2.24. The topological polar surface area (TPSA) is 76.0 Å². The van der Waals surface area contributed by atoms with Gasteiger partial charge in [-0.05, 0) is 31.9 Å². The molecule has 1 aliphatic rings. The number of amides is 2. The van der Waals surface area contributed by atoms with Crippen molar-refractivity contribution in [1.29, 1.82) is 0 Å². The van der Waals surface area contributed by atoms with Gasteiger partial charge in [0, 0.05) is 13.0 Å². The van der Waals surface area contributed by atoms with Crippen LogP contribution in [0.2, 0.25) is 0 Å². The summed E-state index contributed by atoms with van der Waals surface area (Å²) in [6.07, 6.45) is 4.61. The van der Waals surface area contributed by atoms with Gasteiger partial charge >= 0.3 is 0 Å². The number of carbonyl (C=O) groups is 2. The van der Waals surface area contributed by atoms with Crippen molar-refractivity contribution < 1.29 is 9.59 Å². The fraction of sp³-hybridized carbons (Fsp3) is 0.471. The van der Waals surface area contributed by atoms with E-state index in [4.69, 9.17) is 0 Å². The summed E-state index contributed by atoms with van der Waals surface area (Å²) in [6, 6.07) is 7.69. The summed E-state index contributed by atoms with van der Waals surface area (Å²) in [5.41, 5.74) is 1.92. The first-order valence-corrected chi connectivity index (χ1v) is 8.11. The molecule has 6 heteroatoms. The molecule has 2 N–H and O–H groups in total. The van der Waals surface area contributed by atoms with Gasteiger partial charge in [0.15, 0.2) is 0 Å². The average Bonchev–Trinajstić information content (AvgIpc) is 3.12. The molecule has 0 saturated heterocycles. The number of rotatable bonds is 4. The zero-order valence-corrected chi connectivity index (χ0v) is 13.5. The molecule has 1 atom stereocenters. The summed E-state index contributed by atoms with van der Waals surface area (Å²) in [6.45, 7) is 3.07. The Balaban J connectivity index is 1.91. The third-order valence-electron chi connectivity index (χ3n) is 4.33. The Morgan fingerprint density at radius 3 is 2.65 bits per heavy atom. The number of carbonyl (C=O) groups excluding carboxylic acids is 2. The molecule has 1 heterocycles. The van der Waals surface area contributed by atoms with E-state index in [1.54, 1.807) is 6.92 Å². The maximum absolute atomic E-state index is 12.3. The number of hydrogen-bond donors (Lipinski definition) is 2. The molecule has 1 aliphatic carbocycles. The minimum atomic E-state index is -0.593. The van der Waals surface area contributed by atoms with Crippen LogP contribution in [0.5, 0.6) is 0 Å². The molecule has 1 saturated carbocycles. The second-order valence-corrected chi connectivity index (χ2v) is 6.14. The number of para-hydroxylation sites is 2. The molecule has 0 unspecified atom stereocenters. The van der Waals surface area contributed by atoms with Crippen molar-refractivity contribution in [3.8, 4) is 0 Å². The summed E-state index contributed by atoms with van der Waals surface area (Å²) in [5, 5.41) is 5.48. The molecular formula is C17H22N4O2. The monoisotopic (exact) mass is 314 g/mol. The maximum Gasteiger partial charge on any atom is 0.248 e. The second-order valence-electron chi connectivity index (χ2n) is 6.14. The Kier molecular flexibility index (Phi) is 4.32. The van der Waals surface area contributed by atoms with E-state index in [1.165, 1.54) is 19.8 Å². The van der Waals surface area contributed by atoms with Crippen LogP contribution in [-0.2, 0) is 9.59 Å². The van der Waals surface area contributed by atoms with Crippen LogP contribution >= 0.6 is 0 Å². The number of fused-ring (bicyclic) bond motifs is 1. The minimum Gasteiger partial charge on any atom is -0.345 e.